The molecule has 1 aromatic rings. The molecule has 0 aliphatic carbocycles. The monoisotopic (exact) mass is 325 g/mol. The Balaban J connectivity index is 2.35. The number of halogens is 1. The van der Waals surface area contributed by atoms with E-state index < -0.39 is 0 Å². The molecule has 0 heterocycles. The Kier molecular flexibility index (Phi) is 9.19. The van der Waals surface area contributed by atoms with Crippen LogP contribution in [-0.4, -0.2) is 13.6 Å². The molecule has 108 valence electrons. The van der Waals surface area contributed by atoms with E-state index in [1.807, 2.05) is 0 Å². The molecule has 2 heteroatoms. The zero-order valence-corrected chi connectivity index (χ0v) is 14.0. The van der Waals surface area contributed by atoms with Gasteiger partial charge in [-0.05, 0) is 50.0 Å². The zero-order valence-electron chi connectivity index (χ0n) is 12.4. The van der Waals surface area contributed by atoms with Crippen LogP contribution in [0.5, 0.6) is 0 Å². The predicted octanol–water partition coefficient (Wildman–Crippen LogP) is 5.19. The highest BCUT2D eigenvalue weighted by Gasteiger charge is 2.09. The minimum absolute atomic E-state index is 0.765. The van der Waals surface area contributed by atoms with Crippen LogP contribution in [-0.2, 0) is 6.42 Å². The molecule has 1 rings (SSSR count). The third kappa shape index (κ3) is 7.74. The summed E-state index contributed by atoms with van der Waals surface area (Å²) < 4.78 is 1.19. The van der Waals surface area contributed by atoms with Crippen LogP contribution in [0.4, 0.5) is 0 Å². The lowest BCUT2D eigenvalue weighted by atomic mass is 9.93. The molecule has 0 fully saturated rings. The maximum absolute atomic E-state index is 3.56. The van der Waals surface area contributed by atoms with Gasteiger partial charge < -0.3 is 5.32 Å². The normalized spacial score (nSPS) is 12.6. The Morgan fingerprint density at radius 3 is 2.63 bits per heavy atom. The molecule has 1 atom stereocenters. The molecule has 19 heavy (non-hydrogen) atoms. The summed E-state index contributed by atoms with van der Waals surface area (Å²) >= 11 is 3.56. The van der Waals surface area contributed by atoms with Crippen LogP contribution in [0.25, 0.3) is 0 Å². The minimum atomic E-state index is 0.765. The first-order valence-corrected chi connectivity index (χ1v) is 8.44. The second-order valence-corrected chi connectivity index (χ2v) is 6.38. The highest BCUT2D eigenvalue weighted by molar-refractivity contribution is 9.10. The quantitative estimate of drug-likeness (QED) is 0.584. The van der Waals surface area contributed by atoms with E-state index in [0.717, 1.165) is 12.5 Å². The summed E-state index contributed by atoms with van der Waals surface area (Å²) in [7, 11) is 2.06. The SMILES string of the molecule is CCCCCCCC(CNC)Cc1cccc(Br)c1. The minimum Gasteiger partial charge on any atom is -0.319 e. The Bertz CT molecular complexity index is 338. The van der Waals surface area contributed by atoms with Gasteiger partial charge in [0, 0.05) is 4.47 Å². The Hall–Kier alpha value is -0.340. The lowest BCUT2D eigenvalue weighted by Crippen LogP contribution is -2.20. The van der Waals surface area contributed by atoms with Crippen LogP contribution < -0.4 is 5.32 Å². The van der Waals surface area contributed by atoms with Gasteiger partial charge in [-0.15, -0.1) is 0 Å². The Morgan fingerprint density at radius 2 is 1.95 bits per heavy atom. The molecule has 1 unspecified atom stereocenters. The lowest BCUT2D eigenvalue weighted by Gasteiger charge is -2.16. The molecule has 1 aromatic carbocycles. The maximum Gasteiger partial charge on any atom is 0.0177 e. The summed E-state index contributed by atoms with van der Waals surface area (Å²) in [5.41, 5.74) is 1.45. The summed E-state index contributed by atoms with van der Waals surface area (Å²) in [5, 5.41) is 3.34. The molecule has 0 saturated heterocycles. The van der Waals surface area contributed by atoms with E-state index in [0.29, 0.717) is 0 Å². The second kappa shape index (κ2) is 10.4. The number of rotatable bonds is 10. The second-order valence-electron chi connectivity index (χ2n) is 5.46. The van der Waals surface area contributed by atoms with Gasteiger partial charge in [-0.1, -0.05) is 67.1 Å². The number of benzene rings is 1. The Morgan fingerprint density at radius 1 is 1.16 bits per heavy atom. The fraction of sp³-hybridized carbons (Fsp3) is 0.647. The highest BCUT2D eigenvalue weighted by atomic mass is 79.9. The smallest absolute Gasteiger partial charge is 0.0177 e. The molecule has 0 bridgehead atoms. The molecule has 0 spiro atoms. The zero-order chi connectivity index (χ0) is 13.9. The molecule has 0 aliphatic rings. The molecule has 0 aliphatic heterocycles. The van der Waals surface area contributed by atoms with E-state index in [2.05, 4.69) is 59.5 Å². The van der Waals surface area contributed by atoms with Crippen molar-refractivity contribution in [2.75, 3.05) is 13.6 Å². The highest BCUT2D eigenvalue weighted by Crippen LogP contribution is 2.19. The van der Waals surface area contributed by atoms with Gasteiger partial charge in [-0.2, -0.15) is 0 Å². The van der Waals surface area contributed by atoms with E-state index in [1.165, 1.54) is 55.0 Å². The van der Waals surface area contributed by atoms with Crippen molar-refractivity contribution in [3.63, 3.8) is 0 Å². The summed E-state index contributed by atoms with van der Waals surface area (Å²) in [6, 6.07) is 8.72. The molecule has 0 radical (unpaired) electrons. The standard InChI is InChI=1S/C17H28BrN/c1-3-4-5-6-7-9-16(14-19-2)12-15-10-8-11-17(18)13-15/h8,10-11,13,16,19H,3-7,9,12,14H2,1-2H3. The van der Waals surface area contributed by atoms with Gasteiger partial charge in [0.1, 0.15) is 0 Å². The lowest BCUT2D eigenvalue weighted by molar-refractivity contribution is 0.433. The van der Waals surface area contributed by atoms with Crippen LogP contribution in [0, 0.1) is 5.92 Å². The molecule has 1 nitrogen and oxygen atoms in total. The van der Waals surface area contributed by atoms with Crippen molar-refractivity contribution in [1.82, 2.24) is 5.32 Å². The van der Waals surface area contributed by atoms with Gasteiger partial charge in [0.15, 0.2) is 0 Å². The average Bonchev–Trinajstić information content (AvgIpc) is 2.38. The third-order valence-corrected chi connectivity index (χ3v) is 4.12. The average molecular weight is 326 g/mol. The summed E-state index contributed by atoms with van der Waals surface area (Å²) in [6.45, 7) is 3.40. The van der Waals surface area contributed by atoms with Crippen LogP contribution in [0.3, 0.4) is 0 Å². The van der Waals surface area contributed by atoms with Crippen LogP contribution >= 0.6 is 15.9 Å². The number of nitrogens with one attached hydrogen (secondary N) is 1. The maximum atomic E-state index is 3.56. The van der Waals surface area contributed by atoms with Crippen LogP contribution in [0.15, 0.2) is 28.7 Å². The van der Waals surface area contributed by atoms with E-state index in [1.54, 1.807) is 0 Å². The summed E-state index contributed by atoms with van der Waals surface area (Å²) in [4.78, 5) is 0. The van der Waals surface area contributed by atoms with E-state index in [-0.39, 0.29) is 0 Å². The Labute approximate surface area is 127 Å². The third-order valence-electron chi connectivity index (χ3n) is 3.62. The van der Waals surface area contributed by atoms with Crippen LogP contribution in [0.2, 0.25) is 0 Å². The van der Waals surface area contributed by atoms with Crippen molar-refractivity contribution in [2.45, 2.75) is 51.9 Å². The molecule has 0 saturated carbocycles. The molecule has 1 N–H and O–H groups in total. The van der Waals surface area contributed by atoms with Gasteiger partial charge in [-0.3, -0.25) is 0 Å². The van der Waals surface area contributed by atoms with E-state index >= 15 is 0 Å². The van der Waals surface area contributed by atoms with E-state index in [9.17, 15) is 0 Å². The van der Waals surface area contributed by atoms with Gasteiger partial charge in [0.2, 0.25) is 0 Å². The van der Waals surface area contributed by atoms with Gasteiger partial charge in [-0.25, -0.2) is 0 Å². The molecular weight excluding hydrogens is 298 g/mol. The van der Waals surface area contributed by atoms with Crippen molar-refractivity contribution in [3.05, 3.63) is 34.3 Å². The molecule has 0 amide bonds. The fourth-order valence-corrected chi connectivity index (χ4v) is 3.05. The summed E-state index contributed by atoms with van der Waals surface area (Å²) in [5.74, 6) is 0.765. The largest absolute Gasteiger partial charge is 0.319 e. The van der Waals surface area contributed by atoms with Crippen molar-refractivity contribution in [3.8, 4) is 0 Å². The topological polar surface area (TPSA) is 12.0 Å². The van der Waals surface area contributed by atoms with Gasteiger partial charge in [0.05, 0.1) is 0 Å². The van der Waals surface area contributed by atoms with E-state index in [4.69, 9.17) is 0 Å². The van der Waals surface area contributed by atoms with Crippen molar-refractivity contribution in [2.24, 2.45) is 5.92 Å². The fourth-order valence-electron chi connectivity index (χ4n) is 2.60. The number of unbranched alkanes of at least 4 members (excludes halogenated alkanes) is 4. The van der Waals surface area contributed by atoms with Crippen molar-refractivity contribution < 1.29 is 0 Å². The molecular formula is C17H28BrN. The van der Waals surface area contributed by atoms with Gasteiger partial charge in [0.25, 0.3) is 0 Å². The van der Waals surface area contributed by atoms with Gasteiger partial charge >= 0.3 is 0 Å². The number of hydrogen-bond acceptors (Lipinski definition) is 1. The van der Waals surface area contributed by atoms with Crippen molar-refractivity contribution >= 4 is 15.9 Å². The number of hydrogen-bond donors (Lipinski definition) is 1. The first kappa shape index (κ1) is 16.7. The molecule has 0 aromatic heterocycles. The van der Waals surface area contributed by atoms with Crippen LogP contribution in [0.1, 0.15) is 51.0 Å². The van der Waals surface area contributed by atoms with Crippen molar-refractivity contribution in [1.29, 1.82) is 0 Å². The first-order valence-electron chi connectivity index (χ1n) is 7.65. The first-order chi connectivity index (χ1) is 9.26. The predicted molar refractivity (Wildman–Crippen MR) is 88.6 cm³/mol. The summed E-state index contributed by atoms with van der Waals surface area (Å²) in [6.07, 6.45) is 9.43.